The summed E-state index contributed by atoms with van der Waals surface area (Å²) < 4.78 is 2.26. The van der Waals surface area contributed by atoms with E-state index in [1.165, 1.54) is 10.8 Å². The summed E-state index contributed by atoms with van der Waals surface area (Å²) >= 11 is 6.41. The number of hydrogen-bond donors (Lipinski definition) is 1. The highest BCUT2D eigenvalue weighted by molar-refractivity contribution is 6.31. The van der Waals surface area contributed by atoms with Crippen molar-refractivity contribution in [2.24, 2.45) is 5.10 Å². The number of halogens is 1. The number of nitrogens with one attached hydrogen (secondary N) is 1. The Morgan fingerprint density at radius 3 is 1.97 bits per heavy atom. The highest BCUT2D eigenvalue weighted by Crippen LogP contribution is 2.34. The van der Waals surface area contributed by atoms with Crippen molar-refractivity contribution >= 4 is 50.5 Å². The third-order valence-electron chi connectivity index (χ3n) is 6.86. The number of hydrogen-bond acceptors (Lipinski definition) is 3. The fourth-order valence-corrected chi connectivity index (χ4v) is 5.21. The molecule has 1 aromatic heterocycles. The standard InChI is InChI=1S/C33H23ClN4/c34-25-15-20-29-28-13-7-8-14-32(28)37(33(29)21-25)26-16-18-27(19-17-26)38-35-30(23-9-3-1-4-10-23)22-31(36-38)24-11-5-2-6-12-24/h1-22,35H. The number of nitrogens with zero attached hydrogens (tertiary/aromatic N) is 3. The van der Waals surface area contributed by atoms with Crippen LogP contribution >= 0.6 is 11.6 Å². The molecule has 4 nitrogen and oxygen atoms in total. The van der Waals surface area contributed by atoms with E-state index in [1.807, 2.05) is 53.6 Å². The number of para-hydroxylation sites is 1. The first-order chi connectivity index (χ1) is 18.7. The minimum absolute atomic E-state index is 0.721. The van der Waals surface area contributed by atoms with Crippen LogP contribution in [0.4, 0.5) is 5.69 Å². The summed E-state index contributed by atoms with van der Waals surface area (Å²) in [5, 5.41) is 9.89. The molecule has 6 aromatic rings. The average molecular weight is 511 g/mol. The molecule has 38 heavy (non-hydrogen) atoms. The van der Waals surface area contributed by atoms with Crippen LogP contribution in [0.2, 0.25) is 5.02 Å². The van der Waals surface area contributed by atoms with Crippen molar-refractivity contribution in [1.29, 1.82) is 0 Å². The van der Waals surface area contributed by atoms with Gasteiger partial charge in [0.2, 0.25) is 0 Å². The number of hydrazine groups is 1. The second kappa shape index (κ2) is 9.25. The molecule has 0 saturated carbocycles. The van der Waals surface area contributed by atoms with Gasteiger partial charge in [-0.1, -0.05) is 96.5 Å². The molecule has 182 valence electrons. The van der Waals surface area contributed by atoms with Crippen molar-refractivity contribution in [3.63, 3.8) is 0 Å². The first-order valence-corrected chi connectivity index (χ1v) is 12.9. The van der Waals surface area contributed by atoms with Crippen LogP contribution in [0.3, 0.4) is 0 Å². The minimum atomic E-state index is 0.721. The maximum atomic E-state index is 6.41. The Kier molecular flexibility index (Phi) is 5.46. The molecule has 5 heteroatoms. The predicted molar refractivity (Wildman–Crippen MR) is 159 cm³/mol. The lowest BCUT2D eigenvalue weighted by molar-refractivity contribution is 0.787. The van der Waals surface area contributed by atoms with Crippen LogP contribution in [0, 0.1) is 0 Å². The van der Waals surface area contributed by atoms with Crippen molar-refractivity contribution in [2.45, 2.75) is 0 Å². The van der Waals surface area contributed by atoms with Crippen LogP contribution in [0.15, 0.2) is 139 Å². The van der Waals surface area contributed by atoms with Crippen molar-refractivity contribution in [1.82, 2.24) is 9.99 Å². The Morgan fingerprint density at radius 2 is 1.21 bits per heavy atom. The van der Waals surface area contributed by atoms with Gasteiger partial charge < -0.3 is 4.57 Å². The topological polar surface area (TPSA) is 32.6 Å². The van der Waals surface area contributed by atoms with E-state index in [9.17, 15) is 0 Å². The summed E-state index contributed by atoms with van der Waals surface area (Å²) in [5.41, 5.74) is 11.8. The van der Waals surface area contributed by atoms with Gasteiger partial charge >= 0.3 is 0 Å². The second-order valence-corrected chi connectivity index (χ2v) is 9.67. The van der Waals surface area contributed by atoms with Crippen LogP contribution in [0.5, 0.6) is 0 Å². The normalized spacial score (nSPS) is 13.3. The van der Waals surface area contributed by atoms with Crippen molar-refractivity contribution in [3.8, 4) is 5.69 Å². The fourth-order valence-electron chi connectivity index (χ4n) is 5.05. The summed E-state index contributed by atoms with van der Waals surface area (Å²) in [7, 11) is 0. The zero-order valence-electron chi connectivity index (χ0n) is 20.4. The van der Waals surface area contributed by atoms with Crippen LogP contribution in [-0.4, -0.2) is 10.3 Å². The van der Waals surface area contributed by atoms with E-state index < -0.39 is 0 Å². The van der Waals surface area contributed by atoms with Crippen molar-refractivity contribution in [2.75, 3.05) is 5.12 Å². The SMILES string of the molecule is Clc1ccc2c3ccccc3n(-c3ccc(N4N=C(c5ccccc5)C=C(c5ccccc5)N4)cc3)c2c1. The summed E-state index contributed by atoms with van der Waals surface area (Å²) in [4.78, 5) is 0. The molecule has 1 aliphatic rings. The molecular weight excluding hydrogens is 488 g/mol. The zero-order valence-corrected chi connectivity index (χ0v) is 21.2. The Balaban J connectivity index is 1.31. The van der Waals surface area contributed by atoms with Gasteiger partial charge in [-0.25, -0.2) is 0 Å². The predicted octanol–water partition coefficient (Wildman–Crippen LogP) is 8.21. The first-order valence-electron chi connectivity index (χ1n) is 12.5. The van der Waals surface area contributed by atoms with E-state index in [0.29, 0.717) is 0 Å². The molecule has 7 rings (SSSR count). The van der Waals surface area contributed by atoms with E-state index in [1.54, 1.807) is 0 Å². The molecule has 0 spiro atoms. The molecule has 0 unspecified atom stereocenters. The summed E-state index contributed by atoms with van der Waals surface area (Å²) in [6, 6.07) is 43.5. The van der Waals surface area contributed by atoms with E-state index in [-0.39, 0.29) is 0 Å². The molecule has 0 saturated heterocycles. The zero-order chi connectivity index (χ0) is 25.5. The lowest BCUT2D eigenvalue weighted by atomic mass is 10.1. The van der Waals surface area contributed by atoms with Gasteiger partial charge in [-0.15, -0.1) is 0 Å². The van der Waals surface area contributed by atoms with E-state index in [2.05, 4.69) is 94.9 Å². The number of fused-ring (bicyclic) bond motifs is 3. The van der Waals surface area contributed by atoms with E-state index in [4.69, 9.17) is 16.7 Å². The molecule has 0 aliphatic carbocycles. The molecule has 0 bridgehead atoms. The highest BCUT2D eigenvalue weighted by Gasteiger charge is 2.18. The lowest BCUT2D eigenvalue weighted by Gasteiger charge is -2.28. The van der Waals surface area contributed by atoms with Crippen molar-refractivity contribution in [3.05, 3.63) is 150 Å². The third kappa shape index (κ3) is 3.92. The number of aromatic nitrogens is 1. The Bertz CT molecular complexity index is 1840. The van der Waals surface area contributed by atoms with Crippen LogP contribution < -0.4 is 10.5 Å². The van der Waals surface area contributed by atoms with Crippen LogP contribution in [0.1, 0.15) is 11.1 Å². The molecule has 1 N–H and O–H groups in total. The lowest BCUT2D eigenvalue weighted by Crippen LogP contribution is -2.36. The van der Waals surface area contributed by atoms with Gasteiger partial charge in [-0.3, -0.25) is 5.43 Å². The largest absolute Gasteiger partial charge is 0.309 e. The van der Waals surface area contributed by atoms with Crippen molar-refractivity contribution < 1.29 is 0 Å². The van der Waals surface area contributed by atoms with E-state index in [0.717, 1.165) is 50.0 Å². The van der Waals surface area contributed by atoms with E-state index >= 15 is 0 Å². The van der Waals surface area contributed by atoms with Gasteiger partial charge in [-0.2, -0.15) is 10.2 Å². The number of allylic oxidation sites excluding steroid dienone is 1. The Hall–Kier alpha value is -4.80. The number of hydrazone groups is 1. The van der Waals surface area contributed by atoms with Gasteiger partial charge in [0, 0.05) is 27.0 Å². The summed E-state index contributed by atoms with van der Waals surface area (Å²) in [6.07, 6.45) is 2.09. The van der Waals surface area contributed by atoms with Gasteiger partial charge in [0.25, 0.3) is 0 Å². The van der Waals surface area contributed by atoms with Crippen LogP contribution in [-0.2, 0) is 0 Å². The fraction of sp³-hybridized carbons (Fsp3) is 0. The number of anilines is 1. The van der Waals surface area contributed by atoms with Gasteiger partial charge in [0.1, 0.15) is 0 Å². The molecular formula is C33H23ClN4. The molecule has 0 fully saturated rings. The maximum Gasteiger partial charge on any atom is 0.0949 e. The molecule has 0 amide bonds. The summed E-state index contributed by atoms with van der Waals surface area (Å²) in [5.74, 6) is 0. The number of benzene rings is 5. The van der Waals surface area contributed by atoms with Gasteiger partial charge in [-0.05, 0) is 54.1 Å². The van der Waals surface area contributed by atoms with Gasteiger partial charge in [0.05, 0.1) is 28.1 Å². The Labute approximate surface area is 225 Å². The average Bonchev–Trinajstić information content (AvgIpc) is 3.31. The maximum absolute atomic E-state index is 6.41. The van der Waals surface area contributed by atoms with Gasteiger partial charge in [0.15, 0.2) is 0 Å². The highest BCUT2D eigenvalue weighted by atomic mass is 35.5. The minimum Gasteiger partial charge on any atom is -0.309 e. The Morgan fingerprint density at radius 1 is 0.579 bits per heavy atom. The third-order valence-corrected chi connectivity index (χ3v) is 7.09. The van der Waals surface area contributed by atoms with Crippen LogP contribution in [0.25, 0.3) is 33.2 Å². The first kappa shape index (κ1) is 22.4. The monoisotopic (exact) mass is 510 g/mol. The molecule has 0 radical (unpaired) electrons. The molecule has 2 heterocycles. The second-order valence-electron chi connectivity index (χ2n) is 9.23. The molecule has 0 atom stereocenters. The molecule has 1 aliphatic heterocycles. The smallest absolute Gasteiger partial charge is 0.0949 e. The quantitative estimate of drug-likeness (QED) is 0.259. The molecule has 5 aromatic carbocycles. The number of rotatable bonds is 4. The summed E-state index contributed by atoms with van der Waals surface area (Å²) in [6.45, 7) is 0.